The van der Waals surface area contributed by atoms with Crippen LogP contribution in [0.3, 0.4) is 0 Å². The average molecular weight is 379 g/mol. The molecule has 0 saturated carbocycles. The lowest BCUT2D eigenvalue weighted by Crippen LogP contribution is -2.34. The smallest absolute Gasteiger partial charge is 0.220 e. The van der Waals surface area contributed by atoms with Gasteiger partial charge in [0.1, 0.15) is 0 Å². The number of carbonyl (C=O) groups is 1. The van der Waals surface area contributed by atoms with E-state index in [-0.39, 0.29) is 11.9 Å². The third kappa shape index (κ3) is 4.09. The molecule has 4 rings (SSSR count). The summed E-state index contributed by atoms with van der Waals surface area (Å²) in [6.45, 7) is 7.85. The van der Waals surface area contributed by atoms with E-state index < -0.39 is 0 Å². The van der Waals surface area contributed by atoms with Crippen LogP contribution in [0.5, 0.6) is 0 Å². The van der Waals surface area contributed by atoms with Crippen LogP contribution >= 0.6 is 0 Å². The number of fused-ring (bicyclic) bond motifs is 1. The van der Waals surface area contributed by atoms with Crippen molar-refractivity contribution in [1.29, 1.82) is 0 Å². The first-order chi connectivity index (χ1) is 13.6. The number of benzene rings is 1. The van der Waals surface area contributed by atoms with Crippen molar-refractivity contribution in [3.8, 4) is 0 Å². The molecular weight excluding hydrogens is 348 g/mol. The molecule has 148 valence electrons. The van der Waals surface area contributed by atoms with Gasteiger partial charge in [-0.1, -0.05) is 37.3 Å². The highest BCUT2D eigenvalue weighted by Crippen LogP contribution is 2.31. The Hall–Kier alpha value is -2.27. The quantitative estimate of drug-likeness (QED) is 0.796. The van der Waals surface area contributed by atoms with E-state index in [2.05, 4.69) is 47.1 Å². The lowest BCUT2D eigenvalue weighted by Gasteiger charge is -2.30. The second-order valence-corrected chi connectivity index (χ2v) is 8.20. The predicted octanol–water partition coefficient (Wildman–Crippen LogP) is 3.71. The molecule has 0 bridgehead atoms. The van der Waals surface area contributed by atoms with Crippen molar-refractivity contribution in [3.63, 3.8) is 0 Å². The van der Waals surface area contributed by atoms with Crippen LogP contribution in [0.4, 0.5) is 0 Å². The summed E-state index contributed by atoms with van der Waals surface area (Å²) in [7, 11) is 0. The maximum absolute atomic E-state index is 11.9. The molecule has 1 aromatic carbocycles. The van der Waals surface area contributed by atoms with Crippen LogP contribution in [0.25, 0.3) is 0 Å². The Balaban J connectivity index is 1.37. The largest absolute Gasteiger partial charge is 0.333 e. The monoisotopic (exact) mass is 378 g/mol. The van der Waals surface area contributed by atoms with Gasteiger partial charge in [-0.25, -0.2) is 9.97 Å². The molecule has 0 radical (unpaired) electrons. The number of nitrogens with zero attached hydrogens (tertiary/aromatic N) is 4. The van der Waals surface area contributed by atoms with Crippen molar-refractivity contribution < 1.29 is 4.79 Å². The molecule has 2 aromatic rings. The summed E-state index contributed by atoms with van der Waals surface area (Å²) in [4.78, 5) is 25.8. The van der Waals surface area contributed by atoms with E-state index in [1.807, 2.05) is 11.1 Å². The standard InChI is InChI=1S/C23H30N4O/c1-17(19-7-4-3-5-8-19)10-13-26-14-11-21-20(16-26)15-24-23(25-21)22-9-6-12-27(22)18(2)28/h3-5,7-8,15,17,22H,6,9-14,16H2,1-2H3/t17-,22+/m1/s1. The maximum Gasteiger partial charge on any atom is 0.220 e. The summed E-state index contributed by atoms with van der Waals surface area (Å²) in [5.41, 5.74) is 3.84. The van der Waals surface area contributed by atoms with Crippen LogP contribution in [0, 0.1) is 0 Å². The minimum atomic E-state index is 0.0625. The first-order valence-corrected chi connectivity index (χ1v) is 10.5. The zero-order chi connectivity index (χ0) is 19.5. The zero-order valence-electron chi connectivity index (χ0n) is 17.0. The van der Waals surface area contributed by atoms with E-state index in [0.29, 0.717) is 5.92 Å². The number of hydrogen-bond acceptors (Lipinski definition) is 4. The van der Waals surface area contributed by atoms with Gasteiger partial charge in [-0.15, -0.1) is 0 Å². The van der Waals surface area contributed by atoms with E-state index >= 15 is 0 Å². The number of amides is 1. The lowest BCUT2D eigenvalue weighted by molar-refractivity contribution is -0.129. The molecule has 0 N–H and O–H groups in total. The highest BCUT2D eigenvalue weighted by molar-refractivity contribution is 5.74. The zero-order valence-corrected chi connectivity index (χ0v) is 17.0. The van der Waals surface area contributed by atoms with Gasteiger partial charge in [0, 0.05) is 50.4 Å². The minimum Gasteiger partial charge on any atom is -0.333 e. The highest BCUT2D eigenvalue weighted by atomic mass is 16.2. The van der Waals surface area contributed by atoms with Crippen LogP contribution in [0.15, 0.2) is 36.5 Å². The van der Waals surface area contributed by atoms with Crippen LogP contribution < -0.4 is 0 Å². The Labute approximate surface area is 167 Å². The van der Waals surface area contributed by atoms with Gasteiger partial charge >= 0.3 is 0 Å². The summed E-state index contributed by atoms with van der Waals surface area (Å²) in [5.74, 6) is 1.53. The van der Waals surface area contributed by atoms with Crippen LogP contribution in [0.2, 0.25) is 0 Å². The topological polar surface area (TPSA) is 49.3 Å². The van der Waals surface area contributed by atoms with E-state index in [0.717, 1.165) is 57.7 Å². The second-order valence-electron chi connectivity index (χ2n) is 8.20. The van der Waals surface area contributed by atoms with Crippen LogP contribution in [-0.2, 0) is 17.8 Å². The molecule has 1 fully saturated rings. The molecule has 0 unspecified atom stereocenters. The molecule has 1 aromatic heterocycles. The Morgan fingerprint density at radius 2 is 2.07 bits per heavy atom. The Morgan fingerprint density at radius 3 is 2.86 bits per heavy atom. The van der Waals surface area contributed by atoms with Crippen molar-refractivity contribution in [2.45, 2.75) is 58.0 Å². The Morgan fingerprint density at radius 1 is 1.25 bits per heavy atom. The molecule has 3 heterocycles. The van der Waals surface area contributed by atoms with Crippen molar-refractivity contribution >= 4 is 5.91 Å². The van der Waals surface area contributed by atoms with Crippen LogP contribution in [-0.4, -0.2) is 45.3 Å². The lowest BCUT2D eigenvalue weighted by atomic mass is 9.97. The molecule has 2 aliphatic rings. The van der Waals surface area contributed by atoms with Gasteiger partial charge in [0.05, 0.1) is 6.04 Å². The first kappa shape index (κ1) is 19.1. The summed E-state index contributed by atoms with van der Waals surface area (Å²) in [6, 6.07) is 10.8. The van der Waals surface area contributed by atoms with E-state index in [1.165, 1.54) is 16.8 Å². The van der Waals surface area contributed by atoms with E-state index in [9.17, 15) is 4.79 Å². The molecular formula is C23H30N4O. The predicted molar refractivity (Wildman–Crippen MR) is 110 cm³/mol. The fraction of sp³-hybridized carbons (Fsp3) is 0.522. The molecule has 2 aliphatic heterocycles. The summed E-state index contributed by atoms with van der Waals surface area (Å²) in [6.07, 6.45) is 6.15. The molecule has 1 saturated heterocycles. The third-order valence-electron chi connectivity index (χ3n) is 6.23. The van der Waals surface area contributed by atoms with Gasteiger partial charge in [-0.3, -0.25) is 9.69 Å². The van der Waals surface area contributed by atoms with Gasteiger partial charge in [-0.05, 0) is 37.3 Å². The molecule has 2 atom stereocenters. The van der Waals surface area contributed by atoms with E-state index in [1.54, 1.807) is 6.92 Å². The molecule has 0 spiro atoms. The van der Waals surface area contributed by atoms with E-state index in [4.69, 9.17) is 4.98 Å². The molecule has 28 heavy (non-hydrogen) atoms. The number of likely N-dealkylation sites (tertiary alicyclic amines) is 1. The van der Waals surface area contributed by atoms with Gasteiger partial charge in [-0.2, -0.15) is 0 Å². The summed E-state index contributed by atoms with van der Waals surface area (Å²) < 4.78 is 0. The maximum atomic E-state index is 11.9. The fourth-order valence-corrected chi connectivity index (χ4v) is 4.48. The summed E-state index contributed by atoms with van der Waals surface area (Å²) in [5, 5.41) is 0. The van der Waals surface area contributed by atoms with Crippen molar-refractivity contribution in [2.75, 3.05) is 19.6 Å². The number of carbonyl (C=O) groups excluding carboxylic acids is 1. The normalized spacial score (nSPS) is 20.8. The van der Waals surface area contributed by atoms with Crippen molar-refractivity contribution in [2.24, 2.45) is 0 Å². The number of rotatable bonds is 5. The number of hydrogen-bond donors (Lipinski definition) is 0. The second kappa shape index (κ2) is 8.39. The number of aromatic nitrogens is 2. The average Bonchev–Trinajstić information content (AvgIpc) is 3.22. The third-order valence-corrected chi connectivity index (χ3v) is 6.23. The van der Waals surface area contributed by atoms with Crippen molar-refractivity contribution in [1.82, 2.24) is 19.8 Å². The highest BCUT2D eigenvalue weighted by Gasteiger charge is 2.31. The van der Waals surface area contributed by atoms with Gasteiger partial charge in [0.2, 0.25) is 5.91 Å². The summed E-state index contributed by atoms with van der Waals surface area (Å²) >= 11 is 0. The molecule has 0 aliphatic carbocycles. The first-order valence-electron chi connectivity index (χ1n) is 10.5. The molecule has 1 amide bonds. The van der Waals surface area contributed by atoms with Crippen LogP contribution in [0.1, 0.15) is 67.7 Å². The minimum absolute atomic E-state index is 0.0625. The Kier molecular flexibility index (Phi) is 5.72. The Bertz CT molecular complexity index is 823. The van der Waals surface area contributed by atoms with Gasteiger partial charge in [0.25, 0.3) is 0 Å². The van der Waals surface area contributed by atoms with Gasteiger partial charge in [0.15, 0.2) is 5.82 Å². The molecule has 5 nitrogen and oxygen atoms in total. The fourth-order valence-electron chi connectivity index (χ4n) is 4.48. The SMILES string of the molecule is CC(=O)N1CCC[C@H]1c1ncc2c(n1)CCN(CC[C@@H](C)c1ccccc1)C2. The van der Waals surface area contributed by atoms with Gasteiger partial charge < -0.3 is 4.90 Å². The van der Waals surface area contributed by atoms with Crippen molar-refractivity contribution in [3.05, 3.63) is 59.2 Å². The molecule has 5 heteroatoms.